The second-order valence-electron chi connectivity index (χ2n) is 4.71. The maximum Gasteiger partial charge on any atom is 0.244 e. The zero-order valence-corrected chi connectivity index (χ0v) is 15.5. The maximum atomic E-state index is 12.8. The zero-order chi connectivity index (χ0) is 14.0. The largest absolute Gasteiger partial charge is 0.244 e. The molecule has 0 aromatic carbocycles. The topological polar surface area (TPSA) is 37.4 Å². The Morgan fingerprint density at radius 2 is 2.21 bits per heavy atom. The van der Waals surface area contributed by atoms with Crippen LogP contribution in [0.4, 0.5) is 0 Å². The monoisotopic (exact) mass is 429 g/mol. The number of thiophene rings is 1. The van der Waals surface area contributed by atoms with Crippen molar-refractivity contribution < 1.29 is 8.42 Å². The van der Waals surface area contributed by atoms with Crippen LogP contribution in [-0.2, 0) is 10.0 Å². The summed E-state index contributed by atoms with van der Waals surface area (Å²) < 4.78 is 28.2. The first-order chi connectivity index (χ1) is 8.96. The van der Waals surface area contributed by atoms with Crippen molar-refractivity contribution in [3.63, 3.8) is 0 Å². The van der Waals surface area contributed by atoms with Crippen molar-refractivity contribution in [3.8, 4) is 0 Å². The molecule has 1 atom stereocenters. The predicted molar refractivity (Wildman–Crippen MR) is 86.7 cm³/mol. The number of alkyl halides is 1. The van der Waals surface area contributed by atoms with E-state index in [0.717, 1.165) is 39.7 Å². The van der Waals surface area contributed by atoms with Crippen molar-refractivity contribution >= 4 is 53.2 Å². The third kappa shape index (κ3) is 3.43. The van der Waals surface area contributed by atoms with Crippen LogP contribution in [-0.4, -0.2) is 30.6 Å². The van der Waals surface area contributed by atoms with Gasteiger partial charge in [0.15, 0.2) is 0 Å². The van der Waals surface area contributed by atoms with E-state index in [1.165, 1.54) is 11.3 Å². The van der Waals surface area contributed by atoms with Gasteiger partial charge in [0.1, 0.15) is 0 Å². The van der Waals surface area contributed by atoms with E-state index in [1.54, 1.807) is 10.4 Å². The molecule has 1 aromatic heterocycles. The van der Waals surface area contributed by atoms with Crippen molar-refractivity contribution in [2.75, 3.05) is 11.9 Å². The Labute approximate surface area is 135 Å². The normalized spacial score (nSPS) is 21.7. The molecule has 0 bridgehead atoms. The van der Waals surface area contributed by atoms with E-state index in [9.17, 15) is 8.42 Å². The van der Waals surface area contributed by atoms with Gasteiger partial charge in [-0.05, 0) is 48.2 Å². The Balaban J connectivity index is 2.34. The van der Waals surface area contributed by atoms with Crippen molar-refractivity contribution in [1.29, 1.82) is 0 Å². The first-order valence-electron chi connectivity index (χ1n) is 6.30. The maximum absolute atomic E-state index is 12.8. The standard InChI is InChI=1S/C12H17Br2NO2S2/c1-9-11(8-12(14)18-9)19(16,17)15-7-3-2-4-10(15)5-6-13/h8,10H,2-7H2,1H3. The second kappa shape index (κ2) is 6.56. The lowest BCUT2D eigenvalue weighted by atomic mass is 10.0. The van der Waals surface area contributed by atoms with Gasteiger partial charge in [0.25, 0.3) is 0 Å². The summed E-state index contributed by atoms with van der Waals surface area (Å²) in [6.45, 7) is 2.51. The van der Waals surface area contributed by atoms with Gasteiger partial charge in [0.2, 0.25) is 10.0 Å². The van der Waals surface area contributed by atoms with Crippen LogP contribution in [0, 0.1) is 6.92 Å². The molecule has 3 nitrogen and oxygen atoms in total. The number of aryl methyl sites for hydroxylation is 1. The predicted octanol–water partition coefficient (Wildman–Crippen LogP) is 4.15. The highest BCUT2D eigenvalue weighted by Gasteiger charge is 2.34. The SMILES string of the molecule is Cc1sc(Br)cc1S(=O)(=O)N1CCCCC1CCBr. The highest BCUT2D eigenvalue weighted by atomic mass is 79.9. The average Bonchev–Trinajstić information content (AvgIpc) is 2.70. The number of piperidine rings is 1. The zero-order valence-electron chi connectivity index (χ0n) is 10.7. The highest BCUT2D eigenvalue weighted by molar-refractivity contribution is 9.11. The lowest BCUT2D eigenvalue weighted by Crippen LogP contribution is -2.43. The van der Waals surface area contributed by atoms with Gasteiger partial charge >= 0.3 is 0 Å². The number of sulfonamides is 1. The van der Waals surface area contributed by atoms with Crippen molar-refractivity contribution in [3.05, 3.63) is 14.7 Å². The molecule has 108 valence electrons. The minimum absolute atomic E-state index is 0.135. The molecule has 1 aliphatic heterocycles. The molecule has 2 heterocycles. The van der Waals surface area contributed by atoms with Crippen LogP contribution in [0.2, 0.25) is 0 Å². The van der Waals surface area contributed by atoms with Gasteiger partial charge < -0.3 is 0 Å². The molecule has 0 aliphatic carbocycles. The quantitative estimate of drug-likeness (QED) is 0.672. The molecule has 2 rings (SSSR count). The number of hydrogen-bond acceptors (Lipinski definition) is 3. The number of rotatable bonds is 4. The molecular weight excluding hydrogens is 414 g/mol. The Bertz CT molecular complexity index is 540. The highest BCUT2D eigenvalue weighted by Crippen LogP contribution is 2.34. The van der Waals surface area contributed by atoms with Gasteiger partial charge in [-0.15, -0.1) is 11.3 Å². The van der Waals surface area contributed by atoms with E-state index in [2.05, 4.69) is 31.9 Å². The fraction of sp³-hybridized carbons (Fsp3) is 0.667. The Kier molecular flexibility index (Phi) is 5.50. The lowest BCUT2D eigenvalue weighted by Gasteiger charge is -2.34. The van der Waals surface area contributed by atoms with E-state index in [-0.39, 0.29) is 6.04 Å². The van der Waals surface area contributed by atoms with E-state index in [1.807, 2.05) is 6.92 Å². The third-order valence-electron chi connectivity index (χ3n) is 3.44. The Morgan fingerprint density at radius 3 is 2.79 bits per heavy atom. The first kappa shape index (κ1) is 15.9. The van der Waals surface area contributed by atoms with Crippen LogP contribution in [0.5, 0.6) is 0 Å². The van der Waals surface area contributed by atoms with Crippen LogP contribution in [0.3, 0.4) is 0 Å². The Morgan fingerprint density at radius 1 is 1.47 bits per heavy atom. The summed E-state index contributed by atoms with van der Waals surface area (Å²) in [7, 11) is -3.35. The first-order valence-corrected chi connectivity index (χ1v) is 10.5. The van der Waals surface area contributed by atoms with Crippen LogP contribution in [0.15, 0.2) is 14.7 Å². The molecule has 1 fully saturated rings. The van der Waals surface area contributed by atoms with Crippen molar-refractivity contribution in [2.45, 2.75) is 43.5 Å². The molecule has 0 radical (unpaired) electrons. The van der Waals surface area contributed by atoms with Crippen LogP contribution in [0.1, 0.15) is 30.6 Å². The number of halogens is 2. The molecule has 7 heteroatoms. The lowest BCUT2D eigenvalue weighted by molar-refractivity contribution is 0.248. The van der Waals surface area contributed by atoms with Gasteiger partial charge in [-0.25, -0.2) is 8.42 Å². The molecule has 0 spiro atoms. The molecule has 0 N–H and O–H groups in total. The molecule has 1 aromatic rings. The summed E-state index contributed by atoms with van der Waals surface area (Å²) in [6, 6.07) is 1.87. The van der Waals surface area contributed by atoms with Crippen molar-refractivity contribution in [2.24, 2.45) is 0 Å². The van der Waals surface area contributed by atoms with Gasteiger partial charge in [-0.2, -0.15) is 4.31 Å². The second-order valence-corrected chi connectivity index (χ2v) is 10.0. The minimum Gasteiger partial charge on any atom is -0.207 e. The molecule has 19 heavy (non-hydrogen) atoms. The fourth-order valence-electron chi connectivity index (χ4n) is 2.52. The third-order valence-corrected chi connectivity index (χ3v) is 7.66. The van der Waals surface area contributed by atoms with Crippen LogP contribution in [0.25, 0.3) is 0 Å². The van der Waals surface area contributed by atoms with Crippen molar-refractivity contribution in [1.82, 2.24) is 4.31 Å². The van der Waals surface area contributed by atoms with E-state index in [0.29, 0.717) is 11.4 Å². The summed E-state index contributed by atoms with van der Waals surface area (Å²) in [6.07, 6.45) is 3.93. The molecule has 1 unspecified atom stereocenters. The van der Waals surface area contributed by atoms with Crippen LogP contribution < -0.4 is 0 Å². The van der Waals surface area contributed by atoms with Crippen LogP contribution >= 0.6 is 43.2 Å². The molecular formula is C12H17Br2NO2S2. The molecule has 1 aliphatic rings. The summed E-state index contributed by atoms with van der Waals surface area (Å²) in [5.41, 5.74) is 0. The number of hydrogen-bond donors (Lipinski definition) is 0. The fourth-order valence-corrected chi connectivity index (χ4v) is 7.16. The Hall–Kier alpha value is 0.570. The minimum atomic E-state index is -3.35. The summed E-state index contributed by atoms with van der Waals surface area (Å²) in [5, 5.41) is 0.843. The average molecular weight is 431 g/mol. The smallest absolute Gasteiger partial charge is 0.207 e. The summed E-state index contributed by atoms with van der Waals surface area (Å²) in [4.78, 5) is 1.32. The molecule has 0 amide bonds. The van der Waals surface area contributed by atoms with E-state index < -0.39 is 10.0 Å². The van der Waals surface area contributed by atoms with Gasteiger partial charge in [-0.3, -0.25) is 0 Å². The molecule has 0 saturated carbocycles. The van der Waals surface area contributed by atoms with Gasteiger partial charge in [0, 0.05) is 22.8 Å². The van der Waals surface area contributed by atoms with E-state index in [4.69, 9.17) is 0 Å². The summed E-state index contributed by atoms with van der Waals surface area (Å²) in [5.74, 6) is 0. The van der Waals surface area contributed by atoms with E-state index >= 15 is 0 Å². The van der Waals surface area contributed by atoms with Gasteiger partial charge in [0.05, 0.1) is 8.68 Å². The summed E-state index contributed by atoms with van der Waals surface area (Å²) >= 11 is 8.28. The van der Waals surface area contributed by atoms with Gasteiger partial charge in [-0.1, -0.05) is 22.4 Å². The molecule has 1 saturated heterocycles. The number of nitrogens with zero attached hydrogens (tertiary/aromatic N) is 1.